The SMILES string of the molecule is NC(=O)C[C@H](N)C(=O)N[C@@H](CCC(=O)O)C(=O)N[C@@H](CCC(=O)O)C(=O)NCC(=O)N[C@@H](Cc1ccccc1)C(=O)N[C@@H](Cc1ccccc1)C(=O)O. The largest absolute Gasteiger partial charge is 0.481 e. The van der Waals surface area contributed by atoms with Crippen LogP contribution in [-0.2, 0) is 56.0 Å². The fraction of sp³-hybridized carbons (Fsp3) is 0.382. The minimum Gasteiger partial charge on any atom is -0.481 e. The van der Waals surface area contributed by atoms with Crippen molar-refractivity contribution >= 4 is 53.4 Å². The molecule has 19 heteroatoms. The highest BCUT2D eigenvalue weighted by Gasteiger charge is 2.31. The molecular weight excluding hydrogens is 698 g/mol. The van der Waals surface area contributed by atoms with E-state index in [9.17, 15) is 53.4 Å². The maximum atomic E-state index is 13.4. The molecule has 0 aliphatic carbocycles. The molecule has 5 atom stereocenters. The van der Waals surface area contributed by atoms with Crippen LogP contribution in [0.2, 0.25) is 0 Å². The van der Waals surface area contributed by atoms with Gasteiger partial charge < -0.3 is 53.4 Å². The Bertz CT molecular complexity index is 1620. The molecule has 0 heterocycles. The van der Waals surface area contributed by atoms with Crippen molar-refractivity contribution in [2.24, 2.45) is 11.5 Å². The number of amides is 6. The first-order valence-corrected chi connectivity index (χ1v) is 16.3. The average molecular weight is 742 g/mol. The summed E-state index contributed by atoms with van der Waals surface area (Å²) in [5.41, 5.74) is 11.9. The second kappa shape index (κ2) is 21.8. The second-order valence-electron chi connectivity index (χ2n) is 11.9. The molecule has 0 radical (unpaired) electrons. The van der Waals surface area contributed by atoms with Crippen LogP contribution >= 0.6 is 0 Å². The molecule has 6 amide bonds. The van der Waals surface area contributed by atoms with E-state index in [2.05, 4.69) is 26.6 Å². The number of hydrogen-bond donors (Lipinski definition) is 10. The minimum atomic E-state index is -1.60. The lowest BCUT2D eigenvalue weighted by Gasteiger charge is -2.24. The number of carboxylic acids is 3. The summed E-state index contributed by atoms with van der Waals surface area (Å²) in [6, 6.07) is 9.70. The van der Waals surface area contributed by atoms with Gasteiger partial charge in [-0.2, -0.15) is 0 Å². The number of aliphatic carboxylic acids is 3. The van der Waals surface area contributed by atoms with Gasteiger partial charge in [0, 0.05) is 25.7 Å². The molecule has 2 aromatic carbocycles. The summed E-state index contributed by atoms with van der Waals surface area (Å²) < 4.78 is 0. The third kappa shape index (κ3) is 16.5. The van der Waals surface area contributed by atoms with E-state index in [0.717, 1.165) is 0 Å². The van der Waals surface area contributed by atoms with Gasteiger partial charge in [0.05, 0.1) is 19.0 Å². The molecule has 2 aromatic rings. The van der Waals surface area contributed by atoms with Gasteiger partial charge in [0.1, 0.15) is 24.2 Å². The van der Waals surface area contributed by atoms with Crippen molar-refractivity contribution in [3.05, 3.63) is 71.8 Å². The Hall–Kier alpha value is -6.37. The molecule has 0 aromatic heterocycles. The Kier molecular flexibility index (Phi) is 17.6. The van der Waals surface area contributed by atoms with E-state index in [-0.39, 0.29) is 12.8 Å². The molecule has 19 nitrogen and oxygen atoms in total. The summed E-state index contributed by atoms with van der Waals surface area (Å²) in [5, 5.41) is 39.7. The number of carbonyl (C=O) groups excluding carboxylic acids is 6. The van der Waals surface area contributed by atoms with Crippen LogP contribution in [0.15, 0.2) is 60.7 Å². The number of carbonyl (C=O) groups is 9. The fourth-order valence-electron chi connectivity index (χ4n) is 4.85. The van der Waals surface area contributed by atoms with Crippen molar-refractivity contribution in [1.29, 1.82) is 0 Å². The molecule has 0 saturated heterocycles. The highest BCUT2D eigenvalue weighted by molar-refractivity contribution is 5.96. The van der Waals surface area contributed by atoms with Gasteiger partial charge >= 0.3 is 17.9 Å². The lowest BCUT2D eigenvalue weighted by atomic mass is 10.0. The smallest absolute Gasteiger partial charge is 0.326 e. The van der Waals surface area contributed by atoms with Gasteiger partial charge in [0.2, 0.25) is 35.4 Å². The molecule has 0 aliphatic heterocycles. The Balaban J connectivity index is 2.18. The molecule has 0 unspecified atom stereocenters. The van der Waals surface area contributed by atoms with Crippen LogP contribution in [0.25, 0.3) is 0 Å². The quantitative estimate of drug-likeness (QED) is 0.0566. The molecule has 0 bridgehead atoms. The van der Waals surface area contributed by atoms with Crippen molar-refractivity contribution in [2.75, 3.05) is 6.54 Å². The summed E-state index contributed by atoms with van der Waals surface area (Å²) in [6.07, 6.45) is -2.92. The molecule has 0 fully saturated rings. The molecule has 0 spiro atoms. The van der Waals surface area contributed by atoms with Gasteiger partial charge in [-0.15, -0.1) is 0 Å². The van der Waals surface area contributed by atoms with Crippen molar-refractivity contribution in [3.8, 4) is 0 Å². The number of hydrogen-bond acceptors (Lipinski definition) is 10. The van der Waals surface area contributed by atoms with Crippen molar-refractivity contribution in [3.63, 3.8) is 0 Å². The zero-order valence-corrected chi connectivity index (χ0v) is 28.5. The lowest BCUT2D eigenvalue weighted by molar-refractivity contribution is -0.142. The van der Waals surface area contributed by atoms with Gasteiger partial charge in [-0.1, -0.05) is 60.7 Å². The first-order chi connectivity index (χ1) is 25.0. The molecule has 53 heavy (non-hydrogen) atoms. The van der Waals surface area contributed by atoms with Gasteiger partial charge in [-0.05, 0) is 24.0 Å². The Morgan fingerprint density at radius 3 is 1.47 bits per heavy atom. The number of primary amides is 1. The van der Waals surface area contributed by atoms with Gasteiger partial charge in [0.15, 0.2) is 0 Å². The zero-order valence-electron chi connectivity index (χ0n) is 28.5. The van der Waals surface area contributed by atoms with E-state index in [4.69, 9.17) is 16.6 Å². The number of rotatable bonds is 23. The van der Waals surface area contributed by atoms with E-state index in [1.54, 1.807) is 60.7 Å². The van der Waals surface area contributed by atoms with Crippen molar-refractivity contribution in [2.45, 2.75) is 75.2 Å². The maximum Gasteiger partial charge on any atom is 0.326 e. The summed E-state index contributed by atoms with van der Waals surface area (Å²) in [7, 11) is 0. The Labute approximate surface area is 303 Å². The summed E-state index contributed by atoms with van der Waals surface area (Å²) >= 11 is 0. The third-order valence-electron chi connectivity index (χ3n) is 7.57. The first kappa shape index (κ1) is 42.8. The van der Waals surface area contributed by atoms with Crippen LogP contribution in [0.5, 0.6) is 0 Å². The molecule has 2 rings (SSSR count). The highest BCUT2D eigenvalue weighted by Crippen LogP contribution is 2.08. The number of carboxylic acid groups (broad SMARTS) is 3. The predicted molar refractivity (Wildman–Crippen MR) is 184 cm³/mol. The normalized spacial score (nSPS) is 13.5. The van der Waals surface area contributed by atoms with Crippen molar-refractivity contribution in [1.82, 2.24) is 26.6 Å². The van der Waals surface area contributed by atoms with E-state index in [0.29, 0.717) is 11.1 Å². The fourth-order valence-corrected chi connectivity index (χ4v) is 4.85. The molecule has 0 saturated carbocycles. The minimum absolute atomic E-state index is 0.0472. The van der Waals surface area contributed by atoms with Crippen molar-refractivity contribution < 1.29 is 58.5 Å². The monoisotopic (exact) mass is 741 g/mol. The van der Waals surface area contributed by atoms with E-state index >= 15 is 0 Å². The standard InChI is InChI=1S/C34H43N7O12/c35-21(17-26(36)42)30(48)39-23(12-14-29(46)47)32(50)40-22(11-13-28(44)45)31(49)37-18-27(43)38-24(15-19-7-3-1-4-8-19)33(51)41-25(34(52)53)16-20-9-5-2-6-10-20/h1-10,21-25H,11-18,35H2,(H2,36,42)(H,37,49)(H,38,43)(H,39,48)(H,40,50)(H,41,51)(H,44,45)(H,46,47)(H,52,53)/t21-,22-,23-,24-,25-/m0/s1. The van der Waals surface area contributed by atoms with E-state index < -0.39 is 122 Å². The van der Waals surface area contributed by atoms with Crippen LogP contribution in [-0.4, -0.2) is 105 Å². The average Bonchev–Trinajstić information content (AvgIpc) is 3.10. The first-order valence-electron chi connectivity index (χ1n) is 16.3. The van der Waals surface area contributed by atoms with E-state index in [1.807, 2.05) is 0 Å². The Morgan fingerprint density at radius 1 is 0.566 bits per heavy atom. The molecular formula is C34H43N7O12. The lowest BCUT2D eigenvalue weighted by Crippen LogP contribution is -2.57. The van der Waals surface area contributed by atoms with Crippen LogP contribution in [0.1, 0.15) is 43.2 Å². The van der Waals surface area contributed by atoms with Crippen LogP contribution in [0.3, 0.4) is 0 Å². The van der Waals surface area contributed by atoms with Gasteiger partial charge in [-0.3, -0.25) is 38.4 Å². The topological polar surface area (TPSA) is 327 Å². The van der Waals surface area contributed by atoms with Gasteiger partial charge in [-0.25, -0.2) is 4.79 Å². The molecule has 0 aliphatic rings. The molecule has 286 valence electrons. The number of nitrogens with one attached hydrogen (secondary N) is 5. The predicted octanol–water partition coefficient (Wildman–Crippen LogP) is -2.46. The number of nitrogens with two attached hydrogens (primary N) is 2. The second-order valence-corrected chi connectivity index (χ2v) is 11.9. The summed E-state index contributed by atoms with van der Waals surface area (Å²) in [6.45, 7) is -0.773. The molecule has 12 N–H and O–H groups in total. The van der Waals surface area contributed by atoms with Crippen LogP contribution in [0, 0.1) is 0 Å². The zero-order chi connectivity index (χ0) is 39.5. The number of benzene rings is 2. The Morgan fingerprint density at radius 2 is 1.00 bits per heavy atom. The van der Waals surface area contributed by atoms with Crippen LogP contribution in [0.4, 0.5) is 0 Å². The third-order valence-corrected chi connectivity index (χ3v) is 7.57. The summed E-state index contributed by atoms with van der Waals surface area (Å²) in [5.74, 6) is -9.80. The highest BCUT2D eigenvalue weighted by atomic mass is 16.4. The van der Waals surface area contributed by atoms with E-state index in [1.165, 1.54) is 0 Å². The summed E-state index contributed by atoms with van der Waals surface area (Å²) in [4.78, 5) is 111. The van der Waals surface area contributed by atoms with Crippen LogP contribution < -0.4 is 38.1 Å². The van der Waals surface area contributed by atoms with Gasteiger partial charge in [0.25, 0.3) is 0 Å². The maximum absolute atomic E-state index is 13.4.